The first-order valence-electron chi connectivity index (χ1n) is 12.2. The lowest BCUT2D eigenvalue weighted by Crippen LogP contribution is -2.39. The summed E-state index contributed by atoms with van der Waals surface area (Å²) in [5.41, 5.74) is 1.55. The third kappa shape index (κ3) is 4.99. The highest BCUT2D eigenvalue weighted by Crippen LogP contribution is 2.32. The minimum absolute atomic E-state index is 0.0666. The third-order valence-electron chi connectivity index (χ3n) is 6.33. The Morgan fingerprint density at radius 3 is 2.60 bits per heavy atom. The molecule has 1 aliphatic heterocycles. The van der Waals surface area contributed by atoms with Crippen LogP contribution in [0.3, 0.4) is 0 Å². The fourth-order valence-electron chi connectivity index (χ4n) is 4.44. The molecule has 0 amide bonds. The fraction of sp³-hybridized carbons (Fsp3) is 0.172. The average molecular weight is 579 g/mol. The van der Waals surface area contributed by atoms with E-state index in [4.69, 9.17) is 25.5 Å². The van der Waals surface area contributed by atoms with Gasteiger partial charge in [0, 0.05) is 11.6 Å². The van der Waals surface area contributed by atoms with E-state index in [1.807, 2.05) is 0 Å². The summed E-state index contributed by atoms with van der Waals surface area (Å²) in [5.74, 6) is -0.287. The SMILES string of the molecule is CCOC(=O)C1=C(C)N=c2s/c(=C\c3ccc(-c4cc(C(=O)O)ccc4Cl)o3)c(=O)n2[C@@H]1c1ccc(OC)cc1. The second-order valence-corrected chi connectivity index (χ2v) is 10.2. The Labute approximate surface area is 236 Å². The zero-order valence-electron chi connectivity index (χ0n) is 21.6. The molecule has 3 heterocycles. The molecule has 204 valence electrons. The molecule has 40 heavy (non-hydrogen) atoms. The number of thiazole rings is 1. The van der Waals surface area contributed by atoms with Gasteiger partial charge in [-0.05, 0) is 61.9 Å². The number of ether oxygens (including phenoxy) is 2. The van der Waals surface area contributed by atoms with Crippen molar-refractivity contribution < 1.29 is 28.6 Å². The molecular formula is C29H23ClN2O7S. The zero-order chi connectivity index (χ0) is 28.6. The Morgan fingerprint density at radius 1 is 1.18 bits per heavy atom. The highest BCUT2D eigenvalue weighted by atomic mass is 35.5. The van der Waals surface area contributed by atoms with Gasteiger partial charge in [0.1, 0.15) is 17.3 Å². The van der Waals surface area contributed by atoms with Crippen molar-refractivity contribution in [1.29, 1.82) is 0 Å². The van der Waals surface area contributed by atoms with Crippen LogP contribution in [0.4, 0.5) is 0 Å². The molecule has 0 bridgehead atoms. The number of furan rings is 1. The van der Waals surface area contributed by atoms with Gasteiger partial charge in [-0.3, -0.25) is 9.36 Å². The minimum Gasteiger partial charge on any atom is -0.497 e. The Balaban J connectivity index is 1.62. The van der Waals surface area contributed by atoms with Gasteiger partial charge in [0.15, 0.2) is 4.80 Å². The summed E-state index contributed by atoms with van der Waals surface area (Å²) >= 11 is 7.45. The molecule has 0 saturated carbocycles. The van der Waals surface area contributed by atoms with E-state index in [0.29, 0.717) is 48.5 Å². The van der Waals surface area contributed by atoms with Gasteiger partial charge < -0.3 is 19.0 Å². The van der Waals surface area contributed by atoms with Gasteiger partial charge in [0.25, 0.3) is 5.56 Å². The number of nitrogens with zero attached hydrogens (tertiary/aromatic N) is 2. The van der Waals surface area contributed by atoms with Crippen LogP contribution in [0.15, 0.2) is 80.1 Å². The highest BCUT2D eigenvalue weighted by molar-refractivity contribution is 7.07. The lowest BCUT2D eigenvalue weighted by Gasteiger charge is -2.24. The first-order valence-corrected chi connectivity index (χ1v) is 13.4. The van der Waals surface area contributed by atoms with Crippen molar-refractivity contribution in [3.8, 4) is 17.1 Å². The summed E-state index contributed by atoms with van der Waals surface area (Å²) in [4.78, 5) is 43.2. The van der Waals surface area contributed by atoms with Crippen molar-refractivity contribution in [3.05, 3.63) is 107 Å². The number of carbonyl (C=O) groups is 2. The van der Waals surface area contributed by atoms with Crippen LogP contribution in [0.1, 0.15) is 41.6 Å². The summed E-state index contributed by atoms with van der Waals surface area (Å²) in [5, 5.41) is 9.65. The summed E-state index contributed by atoms with van der Waals surface area (Å²) in [7, 11) is 1.56. The van der Waals surface area contributed by atoms with Crippen molar-refractivity contribution in [2.45, 2.75) is 19.9 Å². The molecule has 9 nitrogen and oxygen atoms in total. The van der Waals surface area contributed by atoms with Crippen LogP contribution in [-0.4, -0.2) is 35.3 Å². The van der Waals surface area contributed by atoms with E-state index in [-0.39, 0.29) is 23.3 Å². The van der Waals surface area contributed by atoms with Gasteiger partial charge in [-0.15, -0.1) is 0 Å². The standard InChI is InChI=1S/C29H23ClN2O7S/c1-4-38-28(36)24-15(2)31-29-32(25(24)16-5-8-18(37-3)9-6-16)26(33)23(40-29)14-19-10-12-22(39-19)20-13-17(27(34)35)7-11-21(20)30/h5-14,25H,4H2,1-3H3,(H,34,35)/b23-14-/t25-/m1/s1. The van der Waals surface area contributed by atoms with E-state index in [1.165, 1.54) is 22.8 Å². The Kier molecular flexibility index (Phi) is 7.46. The largest absolute Gasteiger partial charge is 0.497 e. The smallest absolute Gasteiger partial charge is 0.338 e. The summed E-state index contributed by atoms with van der Waals surface area (Å²) in [6.45, 7) is 3.61. The average Bonchev–Trinajstić information content (AvgIpc) is 3.52. The third-order valence-corrected chi connectivity index (χ3v) is 7.64. The number of carboxylic acids is 1. The Hall–Kier alpha value is -4.41. The van der Waals surface area contributed by atoms with E-state index in [1.54, 1.807) is 63.4 Å². The number of carbonyl (C=O) groups excluding carboxylic acids is 1. The van der Waals surface area contributed by atoms with Crippen LogP contribution in [0, 0.1) is 0 Å². The van der Waals surface area contributed by atoms with Crippen molar-refractivity contribution in [1.82, 2.24) is 4.57 Å². The van der Waals surface area contributed by atoms with Crippen LogP contribution in [0.25, 0.3) is 17.4 Å². The lowest BCUT2D eigenvalue weighted by atomic mass is 9.96. The summed E-state index contributed by atoms with van der Waals surface area (Å²) in [6.07, 6.45) is 1.58. The first-order chi connectivity index (χ1) is 19.2. The van der Waals surface area contributed by atoms with Crippen LogP contribution < -0.4 is 19.6 Å². The number of aromatic carboxylic acids is 1. The molecule has 1 aliphatic rings. The Bertz CT molecular complexity index is 1850. The molecule has 5 rings (SSSR count). The van der Waals surface area contributed by atoms with Crippen LogP contribution in [0.2, 0.25) is 5.02 Å². The number of esters is 1. The number of benzene rings is 2. The number of carboxylic acid groups (broad SMARTS) is 1. The van der Waals surface area contributed by atoms with Crippen molar-refractivity contribution in [2.24, 2.45) is 4.99 Å². The second kappa shape index (κ2) is 11.0. The topological polar surface area (TPSA) is 120 Å². The maximum atomic E-state index is 13.8. The quantitative estimate of drug-likeness (QED) is 0.322. The number of aromatic nitrogens is 1. The molecule has 2 aromatic heterocycles. The molecule has 4 aromatic rings. The maximum Gasteiger partial charge on any atom is 0.338 e. The molecule has 1 atom stereocenters. The van der Waals surface area contributed by atoms with Gasteiger partial charge >= 0.3 is 11.9 Å². The first kappa shape index (κ1) is 27.2. The molecule has 0 spiro atoms. The van der Waals surface area contributed by atoms with E-state index in [0.717, 1.165) is 11.3 Å². The Morgan fingerprint density at radius 2 is 1.93 bits per heavy atom. The van der Waals surface area contributed by atoms with Gasteiger partial charge in [0.05, 0.1) is 46.1 Å². The van der Waals surface area contributed by atoms with Crippen molar-refractivity contribution in [3.63, 3.8) is 0 Å². The predicted octanol–water partition coefficient (Wildman–Crippen LogP) is 4.42. The number of halogens is 1. The van der Waals surface area contributed by atoms with Gasteiger partial charge in [0.2, 0.25) is 0 Å². The van der Waals surface area contributed by atoms with E-state index < -0.39 is 18.0 Å². The zero-order valence-corrected chi connectivity index (χ0v) is 23.2. The molecule has 1 N–H and O–H groups in total. The molecule has 11 heteroatoms. The van der Waals surface area contributed by atoms with E-state index in [2.05, 4.69) is 4.99 Å². The van der Waals surface area contributed by atoms with Crippen molar-refractivity contribution >= 4 is 41.0 Å². The van der Waals surface area contributed by atoms with Crippen LogP contribution >= 0.6 is 22.9 Å². The van der Waals surface area contributed by atoms with Crippen LogP contribution in [-0.2, 0) is 9.53 Å². The number of hydrogen-bond donors (Lipinski definition) is 1. The lowest BCUT2D eigenvalue weighted by molar-refractivity contribution is -0.139. The molecule has 0 radical (unpaired) electrons. The van der Waals surface area contributed by atoms with E-state index in [9.17, 15) is 19.5 Å². The summed E-state index contributed by atoms with van der Waals surface area (Å²) in [6, 6.07) is 14.0. The van der Waals surface area contributed by atoms with Gasteiger partial charge in [-0.1, -0.05) is 35.1 Å². The van der Waals surface area contributed by atoms with E-state index >= 15 is 0 Å². The minimum atomic E-state index is -1.09. The monoisotopic (exact) mass is 578 g/mol. The number of methoxy groups -OCH3 is 1. The highest BCUT2D eigenvalue weighted by Gasteiger charge is 2.33. The molecule has 0 aliphatic carbocycles. The molecule has 0 fully saturated rings. The maximum absolute atomic E-state index is 13.8. The van der Waals surface area contributed by atoms with Gasteiger partial charge in [-0.2, -0.15) is 0 Å². The number of fused-ring (bicyclic) bond motifs is 1. The predicted molar refractivity (Wildman–Crippen MR) is 150 cm³/mol. The number of hydrogen-bond acceptors (Lipinski definition) is 8. The molecule has 0 saturated heterocycles. The van der Waals surface area contributed by atoms with Gasteiger partial charge in [-0.25, -0.2) is 14.6 Å². The second-order valence-electron chi connectivity index (χ2n) is 8.78. The molecule has 2 aromatic carbocycles. The molecular weight excluding hydrogens is 556 g/mol. The summed E-state index contributed by atoms with van der Waals surface area (Å²) < 4.78 is 18.3. The normalized spacial score (nSPS) is 15.0. The fourth-order valence-corrected chi connectivity index (χ4v) is 5.68. The van der Waals surface area contributed by atoms with Crippen molar-refractivity contribution in [2.75, 3.05) is 13.7 Å². The van der Waals surface area contributed by atoms with Crippen LogP contribution in [0.5, 0.6) is 5.75 Å². The number of rotatable bonds is 7. The molecule has 0 unspecified atom stereocenters. The number of allylic oxidation sites excluding steroid dienone is 1.